The molecule has 2 rings (SSSR count). The van der Waals surface area contributed by atoms with Gasteiger partial charge < -0.3 is 10.2 Å². The summed E-state index contributed by atoms with van der Waals surface area (Å²) in [6.45, 7) is 5.03. The van der Waals surface area contributed by atoms with Gasteiger partial charge in [-0.05, 0) is 44.9 Å². The van der Waals surface area contributed by atoms with Crippen LogP contribution in [0.15, 0.2) is 24.3 Å². The normalized spacial score (nSPS) is 18.9. The third-order valence-corrected chi connectivity index (χ3v) is 4.19. The first kappa shape index (κ1) is 16.4. The van der Waals surface area contributed by atoms with E-state index in [1.165, 1.54) is 43.5 Å². The lowest BCUT2D eigenvalue weighted by molar-refractivity contribution is -0.384. The Hall–Kier alpha value is -1.95. The summed E-state index contributed by atoms with van der Waals surface area (Å²) < 4.78 is 0. The summed E-state index contributed by atoms with van der Waals surface area (Å²) in [5.41, 5.74) is 0.451. The van der Waals surface area contributed by atoms with Crippen molar-refractivity contribution in [3.05, 3.63) is 39.9 Å². The van der Waals surface area contributed by atoms with Gasteiger partial charge in [0.1, 0.15) is 0 Å². The number of hydrogen-bond acceptors (Lipinski definition) is 4. The molecule has 0 unspecified atom stereocenters. The molecule has 22 heavy (non-hydrogen) atoms. The Kier molecular flexibility index (Phi) is 5.89. The third kappa shape index (κ3) is 4.53. The highest BCUT2D eigenvalue weighted by Gasteiger charge is 2.17. The number of likely N-dealkylation sites (tertiary alicyclic amines) is 1. The smallest absolute Gasteiger partial charge is 0.269 e. The fraction of sp³-hybridized carbons (Fsp3) is 0.562. The topological polar surface area (TPSA) is 75.5 Å². The number of non-ortho nitro benzene ring substituents is 1. The minimum Gasteiger partial charge on any atom is -0.352 e. The van der Waals surface area contributed by atoms with Gasteiger partial charge >= 0.3 is 0 Å². The monoisotopic (exact) mass is 305 g/mol. The summed E-state index contributed by atoms with van der Waals surface area (Å²) in [7, 11) is 0. The number of piperidine rings is 1. The van der Waals surface area contributed by atoms with Gasteiger partial charge in [0, 0.05) is 36.8 Å². The van der Waals surface area contributed by atoms with E-state index in [2.05, 4.69) is 17.1 Å². The first-order valence-corrected chi connectivity index (χ1v) is 7.84. The third-order valence-electron chi connectivity index (χ3n) is 4.19. The number of nitrogens with zero attached hydrogens (tertiary/aromatic N) is 2. The Bertz CT molecular complexity index is 516. The number of nitro benzene ring substituents is 1. The average molecular weight is 305 g/mol. The highest BCUT2D eigenvalue weighted by molar-refractivity contribution is 5.94. The van der Waals surface area contributed by atoms with Crippen LogP contribution in [0.4, 0.5) is 5.69 Å². The van der Waals surface area contributed by atoms with Crippen LogP contribution in [-0.4, -0.2) is 41.4 Å². The lowest BCUT2D eigenvalue weighted by Gasteiger charge is -2.33. The van der Waals surface area contributed by atoms with Gasteiger partial charge in [0.05, 0.1) is 4.92 Å². The van der Waals surface area contributed by atoms with Crippen molar-refractivity contribution in [2.45, 2.75) is 38.6 Å². The molecule has 0 radical (unpaired) electrons. The number of carbonyl (C=O) groups excluding carboxylic acids is 1. The molecule has 0 aromatic heterocycles. The van der Waals surface area contributed by atoms with E-state index in [4.69, 9.17) is 0 Å². The fourth-order valence-electron chi connectivity index (χ4n) is 2.81. The zero-order valence-corrected chi connectivity index (χ0v) is 13.0. The number of amides is 1. The highest BCUT2D eigenvalue weighted by atomic mass is 16.6. The summed E-state index contributed by atoms with van der Waals surface area (Å²) in [6.07, 6.45) is 4.76. The Morgan fingerprint density at radius 1 is 1.36 bits per heavy atom. The van der Waals surface area contributed by atoms with Crippen LogP contribution in [0.1, 0.15) is 43.0 Å². The number of nitro groups is 1. The minimum absolute atomic E-state index is 0.00404. The van der Waals surface area contributed by atoms with Crippen molar-refractivity contribution in [1.29, 1.82) is 0 Å². The SMILES string of the molecule is C[C@@H]1CCCCN1CCCNC(=O)c1ccc([N+](=O)[O-])cc1. The van der Waals surface area contributed by atoms with Crippen LogP contribution in [0.3, 0.4) is 0 Å². The molecular weight excluding hydrogens is 282 g/mol. The maximum Gasteiger partial charge on any atom is 0.269 e. The number of nitrogens with one attached hydrogen (secondary N) is 1. The second kappa shape index (κ2) is 7.89. The molecule has 120 valence electrons. The molecule has 1 fully saturated rings. The molecular formula is C16H23N3O3. The van der Waals surface area contributed by atoms with Crippen LogP contribution in [0.5, 0.6) is 0 Å². The molecule has 1 aromatic rings. The van der Waals surface area contributed by atoms with Crippen molar-refractivity contribution in [2.75, 3.05) is 19.6 Å². The summed E-state index contributed by atoms with van der Waals surface area (Å²) in [6, 6.07) is 6.31. The van der Waals surface area contributed by atoms with E-state index >= 15 is 0 Å². The molecule has 1 heterocycles. The molecule has 6 nitrogen and oxygen atoms in total. The molecule has 1 saturated heterocycles. The van der Waals surface area contributed by atoms with Gasteiger partial charge in [0.2, 0.25) is 0 Å². The summed E-state index contributed by atoms with van der Waals surface area (Å²) >= 11 is 0. The van der Waals surface area contributed by atoms with Gasteiger partial charge in [-0.2, -0.15) is 0 Å². The van der Waals surface area contributed by atoms with Gasteiger partial charge in [-0.15, -0.1) is 0 Å². The summed E-state index contributed by atoms with van der Waals surface area (Å²) in [5.74, 6) is -0.179. The van der Waals surface area contributed by atoms with Gasteiger partial charge in [0.25, 0.3) is 11.6 Å². The fourth-order valence-corrected chi connectivity index (χ4v) is 2.81. The minimum atomic E-state index is -0.471. The number of benzene rings is 1. The largest absolute Gasteiger partial charge is 0.352 e. The standard InChI is InChI=1S/C16H23N3O3/c1-13-5-2-3-11-18(13)12-4-10-17-16(20)14-6-8-15(9-7-14)19(21)22/h6-9,13H,2-5,10-12H2,1H3,(H,17,20)/t13-/m1/s1. The molecule has 1 atom stereocenters. The van der Waals surface area contributed by atoms with Crippen molar-refractivity contribution in [3.8, 4) is 0 Å². The molecule has 0 aliphatic carbocycles. The van der Waals surface area contributed by atoms with Crippen molar-refractivity contribution < 1.29 is 9.72 Å². The molecule has 0 spiro atoms. The van der Waals surface area contributed by atoms with Crippen molar-refractivity contribution >= 4 is 11.6 Å². The molecule has 1 amide bonds. The van der Waals surface area contributed by atoms with E-state index in [-0.39, 0.29) is 11.6 Å². The highest BCUT2D eigenvalue weighted by Crippen LogP contribution is 2.16. The van der Waals surface area contributed by atoms with Crippen LogP contribution in [0.25, 0.3) is 0 Å². The van der Waals surface area contributed by atoms with Gasteiger partial charge in [-0.3, -0.25) is 14.9 Å². The lowest BCUT2D eigenvalue weighted by Crippen LogP contribution is -2.39. The van der Waals surface area contributed by atoms with Crippen molar-refractivity contribution in [3.63, 3.8) is 0 Å². The van der Waals surface area contributed by atoms with Crippen LogP contribution in [0, 0.1) is 10.1 Å². The summed E-state index contributed by atoms with van der Waals surface area (Å²) in [5, 5.41) is 13.4. The Morgan fingerprint density at radius 2 is 2.09 bits per heavy atom. The van der Waals surface area contributed by atoms with E-state index in [0.717, 1.165) is 19.5 Å². The van der Waals surface area contributed by atoms with Crippen molar-refractivity contribution in [1.82, 2.24) is 10.2 Å². The first-order chi connectivity index (χ1) is 10.6. The van der Waals surface area contributed by atoms with Gasteiger partial charge in [-0.1, -0.05) is 6.42 Å². The molecule has 1 aromatic carbocycles. The zero-order chi connectivity index (χ0) is 15.9. The van der Waals surface area contributed by atoms with Gasteiger partial charge in [0.15, 0.2) is 0 Å². The quantitative estimate of drug-likeness (QED) is 0.498. The van der Waals surface area contributed by atoms with E-state index in [1.54, 1.807) is 0 Å². The second-order valence-electron chi connectivity index (χ2n) is 5.79. The molecule has 1 aliphatic rings. The molecule has 0 bridgehead atoms. The maximum absolute atomic E-state index is 11.9. The number of hydrogen-bond donors (Lipinski definition) is 1. The Labute approximate surface area is 130 Å². The Balaban J connectivity index is 1.72. The molecule has 0 saturated carbocycles. The number of carbonyl (C=O) groups is 1. The van der Waals surface area contributed by atoms with E-state index in [9.17, 15) is 14.9 Å². The Morgan fingerprint density at radius 3 is 2.73 bits per heavy atom. The predicted octanol–water partition coefficient (Wildman–Crippen LogP) is 2.59. The van der Waals surface area contributed by atoms with E-state index in [1.807, 2.05) is 0 Å². The van der Waals surface area contributed by atoms with Crippen LogP contribution in [-0.2, 0) is 0 Å². The zero-order valence-electron chi connectivity index (χ0n) is 13.0. The average Bonchev–Trinajstić information content (AvgIpc) is 2.53. The number of rotatable bonds is 6. The van der Waals surface area contributed by atoms with Crippen LogP contribution < -0.4 is 5.32 Å². The van der Waals surface area contributed by atoms with E-state index in [0.29, 0.717) is 18.2 Å². The van der Waals surface area contributed by atoms with Crippen molar-refractivity contribution in [2.24, 2.45) is 0 Å². The second-order valence-corrected chi connectivity index (χ2v) is 5.79. The van der Waals surface area contributed by atoms with Gasteiger partial charge in [-0.25, -0.2) is 0 Å². The molecule has 1 N–H and O–H groups in total. The lowest BCUT2D eigenvalue weighted by atomic mass is 10.0. The maximum atomic E-state index is 11.9. The molecule has 1 aliphatic heterocycles. The van der Waals surface area contributed by atoms with Crippen LogP contribution in [0.2, 0.25) is 0 Å². The predicted molar refractivity (Wildman–Crippen MR) is 84.9 cm³/mol. The van der Waals surface area contributed by atoms with Crippen LogP contribution >= 0.6 is 0 Å². The first-order valence-electron chi connectivity index (χ1n) is 7.84. The molecule has 6 heteroatoms. The summed E-state index contributed by atoms with van der Waals surface area (Å²) in [4.78, 5) is 24.5. The van der Waals surface area contributed by atoms with E-state index < -0.39 is 4.92 Å².